The normalized spacial score (nSPS) is 18.5. The van der Waals surface area contributed by atoms with E-state index in [1.54, 1.807) is 0 Å². The van der Waals surface area contributed by atoms with Gasteiger partial charge in [-0.15, -0.1) is 0 Å². The van der Waals surface area contributed by atoms with E-state index in [0.29, 0.717) is 6.04 Å². The maximum atomic E-state index is 4.81. The van der Waals surface area contributed by atoms with Crippen molar-refractivity contribution in [2.24, 2.45) is 5.92 Å². The third-order valence-corrected chi connectivity index (χ3v) is 6.76. The van der Waals surface area contributed by atoms with Crippen LogP contribution in [-0.2, 0) is 6.54 Å². The van der Waals surface area contributed by atoms with Crippen molar-refractivity contribution in [2.75, 3.05) is 30.9 Å². The highest BCUT2D eigenvalue weighted by molar-refractivity contribution is 5.90. The molecular formula is C28H33N5. The maximum absolute atomic E-state index is 4.81. The summed E-state index contributed by atoms with van der Waals surface area (Å²) in [6, 6.07) is 24.0. The van der Waals surface area contributed by atoms with E-state index in [4.69, 9.17) is 9.97 Å². The molecule has 0 unspecified atom stereocenters. The van der Waals surface area contributed by atoms with Gasteiger partial charge in [-0.25, -0.2) is 4.98 Å². The SMILES string of the molecule is CN(C)c1nc(NC2CCC(CNCc3ccc4ccccc4c3)CC2)nc2ccccc12. The molecule has 1 aromatic heterocycles. The van der Waals surface area contributed by atoms with Crippen molar-refractivity contribution in [3.05, 3.63) is 72.3 Å². The topological polar surface area (TPSA) is 53.1 Å². The average Bonchev–Trinajstić information content (AvgIpc) is 2.84. The standard InChI is InChI=1S/C28H33N5/c1-33(2)27-25-9-5-6-10-26(25)31-28(32-27)30-24-15-12-20(13-16-24)18-29-19-21-11-14-22-7-3-4-8-23(22)17-21/h3-11,14,17,20,24,29H,12-13,15-16,18-19H2,1-2H3,(H,30,31,32). The van der Waals surface area contributed by atoms with Crippen LogP contribution in [0, 0.1) is 5.92 Å². The predicted molar refractivity (Wildman–Crippen MR) is 139 cm³/mol. The van der Waals surface area contributed by atoms with E-state index in [2.05, 4.69) is 70.1 Å². The van der Waals surface area contributed by atoms with Crippen LogP contribution in [0.1, 0.15) is 31.2 Å². The van der Waals surface area contributed by atoms with E-state index in [9.17, 15) is 0 Å². The Bertz CT molecular complexity index is 1230. The Balaban J connectivity index is 1.13. The molecule has 0 bridgehead atoms. The number of aromatic nitrogens is 2. The molecule has 1 aliphatic rings. The lowest BCUT2D eigenvalue weighted by molar-refractivity contribution is 0.324. The molecule has 0 saturated heterocycles. The number of anilines is 2. The molecule has 0 aliphatic heterocycles. The van der Waals surface area contributed by atoms with Crippen LogP contribution in [0.4, 0.5) is 11.8 Å². The summed E-state index contributed by atoms with van der Waals surface area (Å²) in [5, 5.41) is 11.0. The molecule has 170 valence electrons. The van der Waals surface area contributed by atoms with Crippen molar-refractivity contribution >= 4 is 33.4 Å². The van der Waals surface area contributed by atoms with E-state index in [0.717, 1.165) is 54.5 Å². The minimum absolute atomic E-state index is 0.443. The van der Waals surface area contributed by atoms with Crippen molar-refractivity contribution in [3.63, 3.8) is 0 Å². The Morgan fingerprint density at radius 3 is 2.42 bits per heavy atom. The first-order valence-corrected chi connectivity index (χ1v) is 12.0. The van der Waals surface area contributed by atoms with Crippen molar-refractivity contribution in [2.45, 2.75) is 38.3 Å². The molecule has 4 aromatic rings. The van der Waals surface area contributed by atoms with E-state index >= 15 is 0 Å². The molecule has 2 N–H and O–H groups in total. The molecule has 5 heteroatoms. The molecule has 3 aromatic carbocycles. The van der Waals surface area contributed by atoms with Gasteiger partial charge in [0.2, 0.25) is 5.95 Å². The van der Waals surface area contributed by atoms with Crippen LogP contribution < -0.4 is 15.5 Å². The summed E-state index contributed by atoms with van der Waals surface area (Å²) in [7, 11) is 4.07. The Labute approximate surface area is 196 Å². The van der Waals surface area contributed by atoms with Crippen LogP contribution in [0.2, 0.25) is 0 Å². The summed E-state index contributed by atoms with van der Waals surface area (Å²) in [6.45, 7) is 2.01. The zero-order valence-corrected chi connectivity index (χ0v) is 19.6. The number of rotatable bonds is 7. The lowest BCUT2D eigenvalue weighted by atomic mass is 9.86. The highest BCUT2D eigenvalue weighted by Crippen LogP contribution is 2.28. The monoisotopic (exact) mass is 439 g/mol. The molecule has 1 fully saturated rings. The number of hydrogen-bond acceptors (Lipinski definition) is 5. The minimum atomic E-state index is 0.443. The molecule has 0 amide bonds. The molecule has 5 rings (SSSR count). The van der Waals surface area contributed by atoms with Gasteiger partial charge in [-0.1, -0.05) is 48.5 Å². The highest BCUT2D eigenvalue weighted by atomic mass is 15.2. The van der Waals surface area contributed by atoms with Gasteiger partial charge in [0.25, 0.3) is 0 Å². The molecular weight excluding hydrogens is 406 g/mol. The van der Waals surface area contributed by atoms with Gasteiger partial charge >= 0.3 is 0 Å². The molecule has 1 aliphatic carbocycles. The van der Waals surface area contributed by atoms with Gasteiger partial charge in [0.15, 0.2) is 0 Å². The maximum Gasteiger partial charge on any atom is 0.225 e. The number of nitrogens with zero attached hydrogens (tertiary/aromatic N) is 3. The first kappa shape index (κ1) is 21.7. The molecule has 0 spiro atoms. The fourth-order valence-electron chi connectivity index (χ4n) is 4.93. The number of nitrogens with one attached hydrogen (secondary N) is 2. The van der Waals surface area contributed by atoms with Crippen LogP contribution in [0.5, 0.6) is 0 Å². The van der Waals surface area contributed by atoms with Gasteiger partial charge in [0.05, 0.1) is 5.52 Å². The summed E-state index contributed by atoms with van der Waals surface area (Å²) in [5.74, 6) is 2.45. The van der Waals surface area contributed by atoms with Gasteiger partial charge in [0.1, 0.15) is 5.82 Å². The number of fused-ring (bicyclic) bond motifs is 2. The molecule has 0 radical (unpaired) electrons. The third kappa shape index (κ3) is 5.09. The van der Waals surface area contributed by atoms with Gasteiger partial charge < -0.3 is 15.5 Å². The second kappa shape index (κ2) is 9.75. The Morgan fingerprint density at radius 2 is 1.61 bits per heavy atom. The molecule has 1 heterocycles. The van der Waals surface area contributed by atoms with E-state index < -0.39 is 0 Å². The van der Waals surface area contributed by atoms with E-state index in [-0.39, 0.29) is 0 Å². The smallest absolute Gasteiger partial charge is 0.225 e. The Hall–Kier alpha value is -3.18. The lowest BCUT2D eigenvalue weighted by Crippen LogP contribution is -2.31. The van der Waals surface area contributed by atoms with Crippen LogP contribution in [-0.4, -0.2) is 36.6 Å². The zero-order valence-electron chi connectivity index (χ0n) is 19.6. The number of para-hydroxylation sites is 1. The fourth-order valence-corrected chi connectivity index (χ4v) is 4.93. The highest BCUT2D eigenvalue weighted by Gasteiger charge is 2.22. The van der Waals surface area contributed by atoms with Gasteiger partial charge in [-0.05, 0) is 72.7 Å². The van der Waals surface area contributed by atoms with Crippen LogP contribution in [0.25, 0.3) is 21.7 Å². The van der Waals surface area contributed by atoms with E-state index in [1.807, 2.05) is 26.2 Å². The minimum Gasteiger partial charge on any atom is -0.362 e. The summed E-state index contributed by atoms with van der Waals surface area (Å²) >= 11 is 0. The summed E-state index contributed by atoms with van der Waals surface area (Å²) in [6.07, 6.45) is 4.79. The van der Waals surface area contributed by atoms with Crippen molar-refractivity contribution in [1.29, 1.82) is 0 Å². The largest absolute Gasteiger partial charge is 0.362 e. The molecule has 5 nitrogen and oxygen atoms in total. The molecule has 1 saturated carbocycles. The van der Waals surface area contributed by atoms with Crippen molar-refractivity contribution in [3.8, 4) is 0 Å². The molecule has 33 heavy (non-hydrogen) atoms. The second-order valence-corrected chi connectivity index (χ2v) is 9.46. The summed E-state index contributed by atoms with van der Waals surface area (Å²) in [5.41, 5.74) is 2.35. The number of benzene rings is 3. The van der Waals surface area contributed by atoms with Gasteiger partial charge in [-0.3, -0.25) is 0 Å². The van der Waals surface area contributed by atoms with Crippen molar-refractivity contribution < 1.29 is 0 Å². The summed E-state index contributed by atoms with van der Waals surface area (Å²) < 4.78 is 0. The molecule has 0 atom stereocenters. The number of hydrogen-bond donors (Lipinski definition) is 2. The Kier molecular flexibility index (Phi) is 6.40. The zero-order chi connectivity index (χ0) is 22.6. The first-order chi connectivity index (χ1) is 16.2. The predicted octanol–water partition coefficient (Wildman–Crippen LogP) is 5.61. The van der Waals surface area contributed by atoms with Crippen LogP contribution >= 0.6 is 0 Å². The van der Waals surface area contributed by atoms with Crippen LogP contribution in [0.15, 0.2) is 66.7 Å². The average molecular weight is 440 g/mol. The van der Waals surface area contributed by atoms with Crippen molar-refractivity contribution in [1.82, 2.24) is 15.3 Å². The van der Waals surface area contributed by atoms with Gasteiger partial charge in [-0.2, -0.15) is 4.98 Å². The summed E-state index contributed by atoms with van der Waals surface area (Å²) in [4.78, 5) is 11.6. The fraction of sp³-hybridized carbons (Fsp3) is 0.357. The Morgan fingerprint density at radius 1 is 0.848 bits per heavy atom. The van der Waals surface area contributed by atoms with Gasteiger partial charge in [0, 0.05) is 32.1 Å². The van der Waals surface area contributed by atoms with E-state index in [1.165, 1.54) is 29.2 Å². The lowest BCUT2D eigenvalue weighted by Gasteiger charge is -2.29. The van der Waals surface area contributed by atoms with Crippen LogP contribution in [0.3, 0.4) is 0 Å². The second-order valence-electron chi connectivity index (χ2n) is 9.46. The third-order valence-electron chi connectivity index (χ3n) is 6.76. The first-order valence-electron chi connectivity index (χ1n) is 12.0. The quantitative estimate of drug-likeness (QED) is 0.392.